The summed E-state index contributed by atoms with van der Waals surface area (Å²) >= 11 is 0. The smallest absolute Gasteiger partial charge is 0.193 e. The Labute approximate surface area is 265 Å². The van der Waals surface area contributed by atoms with Crippen LogP contribution in [0.4, 0.5) is 0 Å². The van der Waals surface area contributed by atoms with Crippen LogP contribution in [-0.2, 0) is 22.8 Å². The van der Waals surface area contributed by atoms with E-state index in [9.17, 15) is 0 Å². The Morgan fingerprint density at radius 2 is 1.02 bits per heavy atom. The minimum Gasteiger partial charge on any atom is -0.193 e. The zero-order valence-corrected chi connectivity index (χ0v) is 28.0. The van der Waals surface area contributed by atoms with Gasteiger partial charge in [0.15, 0.2) is 11.7 Å². The first-order valence-corrected chi connectivity index (χ1v) is 16.4. The highest BCUT2D eigenvalue weighted by molar-refractivity contribution is 5.83. The highest BCUT2D eigenvalue weighted by atomic mass is 15.1. The normalized spacial score (nSPS) is 14.2. The van der Waals surface area contributed by atoms with Gasteiger partial charge in [-0.2, -0.15) is 4.57 Å². The number of hydrogen-bond acceptors (Lipinski definition) is 0. The Hall–Kier alpha value is -3.97. The van der Waals surface area contributed by atoms with Gasteiger partial charge in [-0.15, -0.1) is 0 Å². The van der Waals surface area contributed by atoms with Gasteiger partial charge in [0.25, 0.3) is 0 Å². The Bertz CT molecular complexity index is 1710. The largest absolute Gasteiger partial charge is 0.213 e. The molecular formula is C43H48N+. The zero-order chi connectivity index (χ0) is 31.3. The molecule has 0 unspecified atom stereocenters. The molecule has 44 heavy (non-hydrogen) atoms. The number of nitrogens with zero attached hydrogens (tertiary/aromatic N) is 1. The Morgan fingerprint density at radius 1 is 0.545 bits per heavy atom. The summed E-state index contributed by atoms with van der Waals surface area (Å²) in [6.45, 7) is 18.3. The summed E-state index contributed by atoms with van der Waals surface area (Å²) in [6, 6.07) is 39.3. The van der Waals surface area contributed by atoms with Gasteiger partial charge in [0, 0.05) is 31.4 Å². The molecule has 6 rings (SSSR count). The standard InChI is InChI=1S/C43H48N/c1-9-43(10-2)29-33-15-14-32(28-39(33)40-13-11-12-24-44(40)43)36-26-34(30-16-20-37(21-17-30)41(3,4)5)25-35(27-36)31-18-22-38(23-19-31)42(6,7)8/h11-28H,9-10,29H2,1-8H3/q+1. The van der Waals surface area contributed by atoms with Crippen molar-refractivity contribution in [2.24, 2.45) is 0 Å². The molecule has 0 N–H and O–H groups in total. The number of benzene rings is 4. The van der Waals surface area contributed by atoms with E-state index in [2.05, 4.69) is 169 Å². The van der Waals surface area contributed by atoms with Gasteiger partial charge in [0.1, 0.15) is 0 Å². The lowest BCUT2D eigenvalue weighted by atomic mass is 9.78. The monoisotopic (exact) mass is 578 g/mol. The maximum atomic E-state index is 2.55. The van der Waals surface area contributed by atoms with Crippen molar-refractivity contribution in [2.45, 2.75) is 91.0 Å². The van der Waals surface area contributed by atoms with Crippen LogP contribution in [0.5, 0.6) is 0 Å². The predicted molar refractivity (Wildman–Crippen MR) is 188 cm³/mol. The van der Waals surface area contributed by atoms with E-state index in [0.717, 1.165) is 19.3 Å². The summed E-state index contributed by atoms with van der Waals surface area (Å²) in [6.07, 6.45) is 5.61. The lowest BCUT2D eigenvalue weighted by molar-refractivity contribution is -0.758. The van der Waals surface area contributed by atoms with Crippen molar-refractivity contribution in [3.8, 4) is 44.6 Å². The summed E-state index contributed by atoms with van der Waals surface area (Å²) in [4.78, 5) is 0. The molecule has 0 radical (unpaired) electrons. The van der Waals surface area contributed by atoms with E-state index in [4.69, 9.17) is 0 Å². The van der Waals surface area contributed by atoms with Gasteiger partial charge < -0.3 is 0 Å². The molecule has 4 aromatic carbocycles. The zero-order valence-electron chi connectivity index (χ0n) is 28.0. The second-order valence-electron chi connectivity index (χ2n) is 14.9. The van der Waals surface area contributed by atoms with Gasteiger partial charge in [0.05, 0.1) is 5.56 Å². The summed E-state index contributed by atoms with van der Waals surface area (Å²) < 4.78 is 2.55. The number of rotatable bonds is 5. The van der Waals surface area contributed by atoms with E-state index in [1.165, 1.54) is 61.3 Å². The predicted octanol–water partition coefficient (Wildman–Crippen LogP) is 11.3. The first-order valence-electron chi connectivity index (χ1n) is 16.4. The van der Waals surface area contributed by atoms with E-state index >= 15 is 0 Å². The number of fused-ring (bicyclic) bond motifs is 3. The maximum Gasteiger partial charge on any atom is 0.213 e. The minimum absolute atomic E-state index is 0.130. The van der Waals surface area contributed by atoms with E-state index in [-0.39, 0.29) is 16.4 Å². The highest BCUT2D eigenvalue weighted by Crippen LogP contribution is 2.40. The van der Waals surface area contributed by atoms with Crippen LogP contribution in [0.2, 0.25) is 0 Å². The molecule has 0 saturated heterocycles. The molecule has 0 aliphatic carbocycles. The number of aromatic nitrogens is 1. The van der Waals surface area contributed by atoms with Crippen LogP contribution in [0.3, 0.4) is 0 Å². The third-order valence-electron chi connectivity index (χ3n) is 10.0. The average Bonchev–Trinajstić information content (AvgIpc) is 3.03. The molecule has 0 atom stereocenters. The fourth-order valence-electron chi connectivity index (χ4n) is 6.96. The van der Waals surface area contributed by atoms with Crippen LogP contribution in [0.15, 0.2) is 109 Å². The Morgan fingerprint density at radius 3 is 1.50 bits per heavy atom. The van der Waals surface area contributed by atoms with Gasteiger partial charge in [-0.1, -0.05) is 116 Å². The quantitative estimate of drug-likeness (QED) is 0.183. The van der Waals surface area contributed by atoms with E-state index in [1.807, 2.05) is 0 Å². The van der Waals surface area contributed by atoms with Crippen molar-refractivity contribution >= 4 is 0 Å². The molecular weight excluding hydrogens is 530 g/mol. The lowest BCUT2D eigenvalue weighted by Crippen LogP contribution is -2.60. The first-order chi connectivity index (χ1) is 20.9. The van der Waals surface area contributed by atoms with Crippen LogP contribution in [0.25, 0.3) is 44.6 Å². The van der Waals surface area contributed by atoms with E-state index in [0.29, 0.717) is 0 Å². The highest BCUT2D eigenvalue weighted by Gasteiger charge is 2.43. The van der Waals surface area contributed by atoms with Crippen molar-refractivity contribution in [1.82, 2.24) is 0 Å². The molecule has 0 amide bonds. The molecule has 1 aliphatic rings. The molecule has 5 aromatic rings. The van der Waals surface area contributed by atoms with Crippen molar-refractivity contribution < 1.29 is 4.57 Å². The number of hydrogen-bond donors (Lipinski definition) is 0. The molecule has 1 heteroatoms. The molecule has 0 bridgehead atoms. The second kappa shape index (κ2) is 11.2. The third-order valence-corrected chi connectivity index (χ3v) is 10.0. The Balaban J connectivity index is 1.50. The summed E-state index contributed by atoms with van der Waals surface area (Å²) in [5.41, 5.74) is 14.8. The summed E-state index contributed by atoms with van der Waals surface area (Å²) in [7, 11) is 0. The van der Waals surface area contributed by atoms with Gasteiger partial charge in [-0.25, -0.2) is 0 Å². The van der Waals surface area contributed by atoms with Crippen LogP contribution in [0, 0.1) is 0 Å². The average molecular weight is 579 g/mol. The maximum absolute atomic E-state index is 2.55. The van der Waals surface area contributed by atoms with Gasteiger partial charge in [0.2, 0.25) is 5.69 Å². The van der Waals surface area contributed by atoms with E-state index < -0.39 is 0 Å². The molecule has 1 aromatic heterocycles. The molecule has 0 spiro atoms. The third kappa shape index (κ3) is 5.54. The summed E-state index contributed by atoms with van der Waals surface area (Å²) in [5, 5.41) is 0. The van der Waals surface area contributed by atoms with Crippen molar-refractivity contribution in [3.05, 3.63) is 126 Å². The molecule has 2 heterocycles. The van der Waals surface area contributed by atoms with Gasteiger partial charge in [-0.3, -0.25) is 0 Å². The van der Waals surface area contributed by atoms with Crippen LogP contribution in [0.1, 0.15) is 84.9 Å². The molecule has 0 saturated carbocycles. The van der Waals surface area contributed by atoms with Crippen LogP contribution in [-0.4, -0.2) is 0 Å². The second-order valence-corrected chi connectivity index (χ2v) is 14.9. The number of pyridine rings is 1. The van der Waals surface area contributed by atoms with Crippen molar-refractivity contribution in [2.75, 3.05) is 0 Å². The molecule has 1 nitrogen and oxygen atoms in total. The topological polar surface area (TPSA) is 3.88 Å². The molecule has 0 fully saturated rings. The van der Waals surface area contributed by atoms with Crippen LogP contribution < -0.4 is 4.57 Å². The lowest BCUT2D eigenvalue weighted by Gasteiger charge is -2.33. The first kappa shape index (κ1) is 30.1. The SMILES string of the molecule is CCC1(CC)Cc2ccc(-c3cc(-c4ccc(C(C)(C)C)cc4)cc(-c4ccc(C(C)(C)C)cc4)c3)cc2-c2cccc[n+]21. The fraction of sp³-hybridized carbons (Fsp3) is 0.326. The van der Waals surface area contributed by atoms with Crippen LogP contribution >= 0.6 is 0 Å². The van der Waals surface area contributed by atoms with Gasteiger partial charge in [-0.05, 0) is 91.2 Å². The van der Waals surface area contributed by atoms with E-state index in [1.54, 1.807) is 0 Å². The minimum atomic E-state index is 0.130. The molecule has 224 valence electrons. The van der Waals surface area contributed by atoms with Gasteiger partial charge >= 0.3 is 0 Å². The Kier molecular flexibility index (Phi) is 7.65. The van der Waals surface area contributed by atoms with Crippen molar-refractivity contribution in [3.63, 3.8) is 0 Å². The van der Waals surface area contributed by atoms with Crippen molar-refractivity contribution in [1.29, 1.82) is 0 Å². The fourth-order valence-corrected chi connectivity index (χ4v) is 6.96. The molecule has 1 aliphatic heterocycles. The summed E-state index contributed by atoms with van der Waals surface area (Å²) in [5.74, 6) is 0.